The highest BCUT2D eigenvalue weighted by molar-refractivity contribution is 6.00. The van der Waals surface area contributed by atoms with Crippen LogP contribution in [0.15, 0.2) is 47.7 Å². The number of aromatic nitrogens is 1. The maximum Gasteiger partial charge on any atom is 0.212 e. The van der Waals surface area contributed by atoms with Gasteiger partial charge in [-0.05, 0) is 29.3 Å². The second kappa shape index (κ2) is 7.10. The summed E-state index contributed by atoms with van der Waals surface area (Å²) in [5.74, 6) is 0.724. The molecule has 0 bridgehead atoms. The van der Waals surface area contributed by atoms with Crippen LogP contribution in [0.1, 0.15) is 22.0 Å². The minimum Gasteiger partial charge on any atom is -0.497 e. The summed E-state index contributed by atoms with van der Waals surface area (Å²) in [5, 5.41) is 3.60. The fraction of sp³-hybridized carbons (Fsp3) is 0.200. The zero-order valence-corrected chi connectivity index (χ0v) is 12.1. The van der Waals surface area contributed by atoms with Gasteiger partial charge in [0.25, 0.3) is 0 Å². The maximum absolute atomic E-state index is 12.5. The zero-order valence-electron chi connectivity index (χ0n) is 12.1. The number of pyridine rings is 1. The zero-order chi connectivity index (χ0) is 15.9. The van der Waals surface area contributed by atoms with E-state index in [9.17, 15) is 4.79 Å². The highest BCUT2D eigenvalue weighted by Gasteiger charge is 2.21. The van der Waals surface area contributed by atoms with Gasteiger partial charge in [0.2, 0.25) is 5.88 Å². The molecular formula is C15H14N4O3. The molecule has 7 nitrogen and oxygen atoms in total. The fourth-order valence-corrected chi connectivity index (χ4v) is 1.91. The third kappa shape index (κ3) is 3.34. The van der Waals surface area contributed by atoms with Crippen molar-refractivity contribution in [2.75, 3.05) is 14.2 Å². The van der Waals surface area contributed by atoms with Gasteiger partial charge in [0, 0.05) is 22.7 Å². The van der Waals surface area contributed by atoms with Gasteiger partial charge in [0.1, 0.15) is 11.8 Å². The first-order valence-electron chi connectivity index (χ1n) is 6.42. The number of azide groups is 1. The van der Waals surface area contributed by atoms with Crippen LogP contribution >= 0.6 is 0 Å². The van der Waals surface area contributed by atoms with Crippen molar-refractivity contribution in [1.82, 2.24) is 4.98 Å². The molecule has 1 atom stereocenters. The van der Waals surface area contributed by atoms with Crippen molar-refractivity contribution in [3.63, 3.8) is 0 Å². The number of carbonyl (C=O) groups excluding carboxylic acids is 1. The molecule has 1 aromatic carbocycles. The molecule has 7 heteroatoms. The van der Waals surface area contributed by atoms with E-state index in [1.54, 1.807) is 43.5 Å². The Morgan fingerprint density at radius 2 is 1.91 bits per heavy atom. The van der Waals surface area contributed by atoms with Crippen LogP contribution in [0.3, 0.4) is 0 Å². The van der Waals surface area contributed by atoms with Crippen LogP contribution in [0, 0.1) is 0 Å². The second-order valence-corrected chi connectivity index (χ2v) is 4.33. The largest absolute Gasteiger partial charge is 0.497 e. The first-order valence-corrected chi connectivity index (χ1v) is 6.42. The van der Waals surface area contributed by atoms with Crippen LogP contribution in [-0.2, 0) is 0 Å². The average Bonchev–Trinajstić information content (AvgIpc) is 2.59. The van der Waals surface area contributed by atoms with Crippen LogP contribution in [0.2, 0.25) is 0 Å². The van der Waals surface area contributed by atoms with E-state index in [0.29, 0.717) is 22.8 Å². The number of carbonyl (C=O) groups is 1. The van der Waals surface area contributed by atoms with Crippen LogP contribution in [0.25, 0.3) is 10.4 Å². The summed E-state index contributed by atoms with van der Waals surface area (Å²) >= 11 is 0. The molecule has 0 aliphatic rings. The van der Waals surface area contributed by atoms with Crippen molar-refractivity contribution in [3.8, 4) is 11.6 Å². The van der Waals surface area contributed by atoms with E-state index in [0.717, 1.165) is 0 Å². The molecule has 0 amide bonds. The Labute approximate surface area is 127 Å². The lowest BCUT2D eigenvalue weighted by Gasteiger charge is -2.11. The summed E-state index contributed by atoms with van der Waals surface area (Å²) in [5.41, 5.74) is 9.65. The van der Waals surface area contributed by atoms with E-state index in [1.165, 1.54) is 13.3 Å². The predicted molar refractivity (Wildman–Crippen MR) is 80.0 cm³/mol. The minimum atomic E-state index is -0.953. The van der Waals surface area contributed by atoms with Gasteiger partial charge in [-0.25, -0.2) is 4.98 Å². The molecule has 0 aliphatic heterocycles. The molecule has 0 aliphatic carbocycles. The van der Waals surface area contributed by atoms with Crippen molar-refractivity contribution < 1.29 is 14.3 Å². The van der Waals surface area contributed by atoms with Crippen molar-refractivity contribution >= 4 is 5.78 Å². The third-order valence-corrected chi connectivity index (χ3v) is 3.08. The molecule has 0 N–H and O–H groups in total. The lowest BCUT2D eigenvalue weighted by atomic mass is 9.99. The number of rotatable bonds is 6. The standard InChI is InChI=1S/C15H14N4O3/c1-21-12-6-3-10(4-7-12)14(18-19-16)15(20)11-5-8-13(22-2)17-9-11/h3-9,14H,1-2H3. The number of hydrogen-bond acceptors (Lipinski definition) is 5. The van der Waals surface area contributed by atoms with Crippen LogP contribution in [-0.4, -0.2) is 25.0 Å². The monoisotopic (exact) mass is 298 g/mol. The molecule has 22 heavy (non-hydrogen) atoms. The van der Waals surface area contributed by atoms with Crippen molar-refractivity contribution in [3.05, 3.63) is 64.2 Å². The van der Waals surface area contributed by atoms with Crippen LogP contribution in [0.4, 0.5) is 0 Å². The number of methoxy groups -OCH3 is 2. The number of ketones is 1. The topological polar surface area (TPSA) is 97.2 Å². The van der Waals surface area contributed by atoms with E-state index in [-0.39, 0.29) is 5.78 Å². The minimum absolute atomic E-state index is 0.335. The van der Waals surface area contributed by atoms with Gasteiger partial charge in [-0.15, -0.1) is 0 Å². The molecule has 112 valence electrons. The Kier molecular flexibility index (Phi) is 4.95. The van der Waals surface area contributed by atoms with Gasteiger partial charge in [-0.1, -0.05) is 17.2 Å². The normalized spacial score (nSPS) is 11.2. The fourth-order valence-electron chi connectivity index (χ4n) is 1.91. The maximum atomic E-state index is 12.5. The summed E-state index contributed by atoms with van der Waals surface area (Å²) in [4.78, 5) is 19.3. The Bertz CT molecular complexity index is 692. The Hall–Kier alpha value is -3.05. The molecule has 0 spiro atoms. The predicted octanol–water partition coefficient (Wildman–Crippen LogP) is 3.33. The SMILES string of the molecule is COc1ccc(C(N=[N+]=[N-])C(=O)c2ccc(OC)nc2)cc1. The van der Waals surface area contributed by atoms with Crippen LogP contribution in [0.5, 0.6) is 11.6 Å². The summed E-state index contributed by atoms with van der Waals surface area (Å²) in [7, 11) is 3.04. The summed E-state index contributed by atoms with van der Waals surface area (Å²) < 4.78 is 10.0. The van der Waals surface area contributed by atoms with E-state index in [4.69, 9.17) is 15.0 Å². The summed E-state index contributed by atoms with van der Waals surface area (Å²) in [6.07, 6.45) is 1.39. The van der Waals surface area contributed by atoms with Crippen molar-refractivity contribution in [2.45, 2.75) is 6.04 Å². The molecule has 0 fully saturated rings. The number of ether oxygens (including phenoxy) is 2. The molecule has 0 saturated heterocycles. The lowest BCUT2D eigenvalue weighted by Crippen LogP contribution is -2.11. The molecule has 2 aromatic rings. The molecule has 1 unspecified atom stereocenters. The van der Waals surface area contributed by atoms with Gasteiger partial charge < -0.3 is 9.47 Å². The molecule has 2 rings (SSSR count). The van der Waals surface area contributed by atoms with Crippen molar-refractivity contribution in [2.24, 2.45) is 5.11 Å². The Balaban J connectivity index is 2.32. The number of benzene rings is 1. The average molecular weight is 298 g/mol. The number of hydrogen-bond donors (Lipinski definition) is 0. The van der Waals surface area contributed by atoms with E-state index < -0.39 is 6.04 Å². The van der Waals surface area contributed by atoms with Crippen molar-refractivity contribution in [1.29, 1.82) is 0 Å². The Morgan fingerprint density at radius 1 is 1.18 bits per heavy atom. The van der Waals surface area contributed by atoms with E-state index >= 15 is 0 Å². The molecule has 0 saturated carbocycles. The van der Waals surface area contributed by atoms with Gasteiger partial charge in [0.05, 0.1) is 14.2 Å². The first kappa shape index (κ1) is 15.3. The molecule has 1 heterocycles. The quantitative estimate of drug-likeness (QED) is 0.353. The van der Waals surface area contributed by atoms with Gasteiger partial charge in [-0.3, -0.25) is 4.79 Å². The highest BCUT2D eigenvalue weighted by atomic mass is 16.5. The smallest absolute Gasteiger partial charge is 0.212 e. The summed E-state index contributed by atoms with van der Waals surface area (Å²) in [6.45, 7) is 0. The van der Waals surface area contributed by atoms with E-state index in [1.807, 2.05) is 0 Å². The third-order valence-electron chi connectivity index (χ3n) is 3.08. The second-order valence-electron chi connectivity index (χ2n) is 4.33. The van der Waals surface area contributed by atoms with Gasteiger partial charge in [0.15, 0.2) is 5.78 Å². The molecule has 1 aromatic heterocycles. The van der Waals surface area contributed by atoms with Gasteiger partial charge >= 0.3 is 0 Å². The first-order chi connectivity index (χ1) is 10.7. The number of Topliss-reactive ketones (excluding diaryl/α,β-unsaturated/α-hetero) is 1. The Morgan fingerprint density at radius 3 is 2.41 bits per heavy atom. The van der Waals surface area contributed by atoms with E-state index in [2.05, 4.69) is 15.0 Å². The van der Waals surface area contributed by atoms with Gasteiger partial charge in [-0.2, -0.15) is 0 Å². The number of nitrogens with zero attached hydrogens (tertiary/aromatic N) is 4. The summed E-state index contributed by atoms with van der Waals surface area (Å²) in [6, 6.07) is 8.99. The highest BCUT2D eigenvalue weighted by Crippen LogP contribution is 2.25. The van der Waals surface area contributed by atoms with Crippen LogP contribution < -0.4 is 9.47 Å². The molecule has 0 radical (unpaired) electrons. The lowest BCUT2D eigenvalue weighted by molar-refractivity contribution is 0.0961. The molecular weight excluding hydrogens is 284 g/mol.